The Labute approximate surface area is 84.4 Å². The van der Waals surface area contributed by atoms with Crippen LogP contribution in [0.4, 0.5) is 14.6 Å². The van der Waals surface area contributed by atoms with Gasteiger partial charge in [-0.15, -0.1) is 0 Å². The topological polar surface area (TPSA) is 56.7 Å². The van der Waals surface area contributed by atoms with Crippen LogP contribution in [-0.4, -0.2) is 14.8 Å². The Kier molecular flexibility index (Phi) is 2.11. The molecule has 0 spiro atoms. The van der Waals surface area contributed by atoms with Crippen LogP contribution in [0.25, 0.3) is 5.82 Å². The van der Waals surface area contributed by atoms with E-state index in [4.69, 9.17) is 5.73 Å². The van der Waals surface area contributed by atoms with Gasteiger partial charge in [-0.2, -0.15) is 5.10 Å². The van der Waals surface area contributed by atoms with Crippen molar-refractivity contribution in [3.63, 3.8) is 0 Å². The van der Waals surface area contributed by atoms with Crippen molar-refractivity contribution in [1.82, 2.24) is 14.8 Å². The standard InChI is InChI=1S/C9H8F2N4/c1-5-3-13-15(4-5)9-7(11)2-6(10)8(12)14-9/h2-4H,1H3,(H2,12,14). The Bertz CT molecular complexity index is 507. The van der Waals surface area contributed by atoms with Crippen LogP contribution < -0.4 is 5.73 Å². The summed E-state index contributed by atoms with van der Waals surface area (Å²) in [6.45, 7) is 1.80. The monoisotopic (exact) mass is 210 g/mol. The minimum absolute atomic E-state index is 0.109. The van der Waals surface area contributed by atoms with Crippen molar-refractivity contribution in [2.45, 2.75) is 6.92 Å². The molecule has 0 amide bonds. The van der Waals surface area contributed by atoms with Crippen LogP contribution in [-0.2, 0) is 0 Å². The molecule has 0 bridgehead atoms. The average molecular weight is 210 g/mol. The van der Waals surface area contributed by atoms with Gasteiger partial charge in [0, 0.05) is 12.3 Å². The Hall–Kier alpha value is -1.98. The lowest BCUT2D eigenvalue weighted by Crippen LogP contribution is -2.06. The van der Waals surface area contributed by atoms with Gasteiger partial charge in [-0.3, -0.25) is 0 Å². The number of nitrogens with zero attached hydrogens (tertiary/aromatic N) is 3. The Balaban J connectivity index is 2.58. The molecule has 2 heterocycles. The Morgan fingerprint density at radius 2 is 2.07 bits per heavy atom. The molecular weight excluding hydrogens is 202 g/mol. The third kappa shape index (κ3) is 1.65. The highest BCUT2D eigenvalue weighted by atomic mass is 19.1. The quantitative estimate of drug-likeness (QED) is 0.774. The molecule has 0 saturated heterocycles. The van der Waals surface area contributed by atoms with Crippen LogP contribution in [0.15, 0.2) is 18.5 Å². The zero-order valence-electron chi connectivity index (χ0n) is 7.91. The maximum atomic E-state index is 13.3. The second-order valence-corrected chi connectivity index (χ2v) is 3.12. The van der Waals surface area contributed by atoms with Gasteiger partial charge in [-0.25, -0.2) is 18.4 Å². The van der Waals surface area contributed by atoms with Crippen LogP contribution in [0.5, 0.6) is 0 Å². The number of pyridine rings is 1. The van der Waals surface area contributed by atoms with Gasteiger partial charge in [0.05, 0.1) is 6.20 Å². The molecule has 0 unspecified atom stereocenters. The lowest BCUT2D eigenvalue weighted by Gasteiger charge is -2.03. The van der Waals surface area contributed by atoms with Crippen LogP contribution in [0.2, 0.25) is 0 Å². The molecule has 2 aromatic heterocycles. The molecule has 0 radical (unpaired) electrons. The molecule has 4 nitrogen and oxygen atoms in total. The number of nitrogens with two attached hydrogens (primary N) is 1. The molecule has 0 aliphatic carbocycles. The summed E-state index contributed by atoms with van der Waals surface area (Å²) in [6, 6.07) is 0.689. The first kappa shape index (κ1) is 9.57. The fraction of sp³-hybridized carbons (Fsp3) is 0.111. The molecule has 0 atom stereocenters. The molecule has 0 fully saturated rings. The molecule has 0 saturated carbocycles. The second-order valence-electron chi connectivity index (χ2n) is 3.12. The van der Waals surface area contributed by atoms with Gasteiger partial charge in [0.2, 0.25) is 0 Å². The van der Waals surface area contributed by atoms with Crippen LogP contribution in [0.1, 0.15) is 5.56 Å². The van der Waals surface area contributed by atoms with Gasteiger partial charge in [-0.1, -0.05) is 0 Å². The van der Waals surface area contributed by atoms with E-state index in [1.54, 1.807) is 19.3 Å². The van der Waals surface area contributed by atoms with Crippen LogP contribution in [0.3, 0.4) is 0 Å². The van der Waals surface area contributed by atoms with Crippen molar-refractivity contribution < 1.29 is 8.78 Å². The lowest BCUT2D eigenvalue weighted by atomic mass is 10.4. The zero-order chi connectivity index (χ0) is 11.0. The van der Waals surface area contributed by atoms with Gasteiger partial charge < -0.3 is 5.73 Å². The lowest BCUT2D eigenvalue weighted by molar-refractivity contribution is 0.564. The first-order valence-electron chi connectivity index (χ1n) is 4.21. The first-order valence-corrected chi connectivity index (χ1v) is 4.21. The van der Waals surface area contributed by atoms with Gasteiger partial charge in [0.1, 0.15) is 0 Å². The van der Waals surface area contributed by atoms with E-state index < -0.39 is 11.6 Å². The largest absolute Gasteiger partial charge is 0.381 e. The summed E-state index contributed by atoms with van der Waals surface area (Å²) in [5, 5.41) is 3.85. The van der Waals surface area contributed by atoms with E-state index in [0.29, 0.717) is 6.07 Å². The van der Waals surface area contributed by atoms with Gasteiger partial charge in [-0.05, 0) is 12.5 Å². The number of hydrogen-bond acceptors (Lipinski definition) is 3. The number of aromatic nitrogens is 3. The fourth-order valence-electron chi connectivity index (χ4n) is 1.16. The van der Waals surface area contributed by atoms with Crippen molar-refractivity contribution >= 4 is 5.82 Å². The fourth-order valence-corrected chi connectivity index (χ4v) is 1.16. The normalized spacial score (nSPS) is 10.6. The Morgan fingerprint density at radius 1 is 1.33 bits per heavy atom. The van der Waals surface area contributed by atoms with Gasteiger partial charge >= 0.3 is 0 Å². The molecule has 15 heavy (non-hydrogen) atoms. The van der Waals surface area contributed by atoms with Gasteiger partial charge in [0.25, 0.3) is 0 Å². The Morgan fingerprint density at radius 3 is 2.67 bits per heavy atom. The third-order valence-corrected chi connectivity index (χ3v) is 1.87. The molecule has 2 N–H and O–H groups in total. The summed E-state index contributed by atoms with van der Waals surface area (Å²) in [4.78, 5) is 3.58. The molecule has 6 heteroatoms. The van der Waals surface area contributed by atoms with E-state index in [1.807, 2.05) is 0 Å². The van der Waals surface area contributed by atoms with Crippen molar-refractivity contribution in [3.05, 3.63) is 35.7 Å². The van der Waals surface area contributed by atoms with E-state index >= 15 is 0 Å². The zero-order valence-corrected chi connectivity index (χ0v) is 7.91. The molecule has 0 aliphatic heterocycles. The highest BCUT2D eigenvalue weighted by Gasteiger charge is 2.11. The van der Waals surface area contributed by atoms with Crippen LogP contribution >= 0.6 is 0 Å². The summed E-state index contributed by atoms with van der Waals surface area (Å²) < 4.78 is 27.3. The van der Waals surface area contributed by atoms with E-state index in [2.05, 4.69) is 10.1 Å². The third-order valence-electron chi connectivity index (χ3n) is 1.87. The van der Waals surface area contributed by atoms with Crippen molar-refractivity contribution in [2.75, 3.05) is 5.73 Å². The SMILES string of the molecule is Cc1cnn(-c2nc(N)c(F)cc2F)c1. The minimum Gasteiger partial charge on any atom is -0.381 e. The van der Waals surface area contributed by atoms with E-state index in [-0.39, 0.29) is 11.6 Å². The summed E-state index contributed by atoms with van der Waals surface area (Å²) in [7, 11) is 0. The summed E-state index contributed by atoms with van der Waals surface area (Å²) in [5.41, 5.74) is 6.09. The van der Waals surface area contributed by atoms with E-state index in [1.165, 1.54) is 4.68 Å². The van der Waals surface area contributed by atoms with E-state index in [0.717, 1.165) is 5.56 Å². The minimum atomic E-state index is -0.875. The van der Waals surface area contributed by atoms with E-state index in [9.17, 15) is 8.78 Å². The summed E-state index contributed by atoms with van der Waals surface area (Å²) in [6.07, 6.45) is 3.11. The second kappa shape index (κ2) is 3.30. The number of rotatable bonds is 1. The number of hydrogen-bond donors (Lipinski definition) is 1. The van der Waals surface area contributed by atoms with Crippen LogP contribution in [0, 0.1) is 18.6 Å². The van der Waals surface area contributed by atoms with Crippen molar-refractivity contribution in [1.29, 1.82) is 0 Å². The molecule has 0 aliphatic rings. The average Bonchev–Trinajstić information content (AvgIpc) is 2.58. The van der Waals surface area contributed by atoms with Crippen molar-refractivity contribution in [3.8, 4) is 5.82 Å². The number of nitrogen functional groups attached to an aromatic ring is 1. The molecule has 0 aromatic carbocycles. The predicted molar refractivity (Wildman–Crippen MR) is 50.4 cm³/mol. The maximum Gasteiger partial charge on any atom is 0.191 e. The predicted octanol–water partition coefficient (Wildman–Crippen LogP) is 1.44. The number of halogens is 2. The molecule has 2 aromatic rings. The molecule has 2 rings (SSSR count). The number of aryl methyl sites for hydroxylation is 1. The van der Waals surface area contributed by atoms with Gasteiger partial charge in [0.15, 0.2) is 23.3 Å². The highest BCUT2D eigenvalue weighted by Crippen LogP contribution is 2.15. The smallest absolute Gasteiger partial charge is 0.191 e. The molecule has 78 valence electrons. The van der Waals surface area contributed by atoms with Crippen molar-refractivity contribution in [2.24, 2.45) is 0 Å². The first-order chi connectivity index (χ1) is 7.08. The highest BCUT2D eigenvalue weighted by molar-refractivity contribution is 5.38. The number of anilines is 1. The molecular formula is C9H8F2N4. The summed E-state index contributed by atoms with van der Waals surface area (Å²) >= 11 is 0. The maximum absolute atomic E-state index is 13.3. The summed E-state index contributed by atoms with van der Waals surface area (Å²) in [5.74, 6) is -2.13.